The Morgan fingerprint density at radius 3 is 2.52 bits per heavy atom. The van der Waals surface area contributed by atoms with Crippen LogP contribution in [-0.4, -0.2) is 17.0 Å². The standard InChI is InChI=1S/C16H17NO4/c18-15(8-4-7-12-5-2-1-3-6-12)17-11-13-9-10-14(21-13)16(19)20/h1-3,5-6,9-10H,4,7-8,11H2,(H,17,18)(H,19,20). The van der Waals surface area contributed by atoms with E-state index in [-0.39, 0.29) is 18.2 Å². The van der Waals surface area contributed by atoms with E-state index in [1.54, 1.807) is 6.07 Å². The van der Waals surface area contributed by atoms with Crippen LogP contribution in [0.3, 0.4) is 0 Å². The summed E-state index contributed by atoms with van der Waals surface area (Å²) >= 11 is 0. The highest BCUT2D eigenvalue weighted by Crippen LogP contribution is 2.08. The first-order valence-electron chi connectivity index (χ1n) is 6.78. The zero-order valence-electron chi connectivity index (χ0n) is 11.5. The van der Waals surface area contributed by atoms with Crippen LogP contribution in [0.4, 0.5) is 0 Å². The van der Waals surface area contributed by atoms with Crippen LogP contribution in [0.5, 0.6) is 0 Å². The maximum atomic E-state index is 11.7. The molecule has 2 aromatic rings. The van der Waals surface area contributed by atoms with Crippen LogP contribution in [-0.2, 0) is 17.8 Å². The first kappa shape index (κ1) is 14.8. The second kappa shape index (κ2) is 7.28. The lowest BCUT2D eigenvalue weighted by molar-refractivity contribution is -0.121. The maximum absolute atomic E-state index is 11.7. The third kappa shape index (κ3) is 4.80. The number of furan rings is 1. The summed E-state index contributed by atoms with van der Waals surface area (Å²) in [6.45, 7) is 0.206. The van der Waals surface area contributed by atoms with Gasteiger partial charge in [-0.2, -0.15) is 0 Å². The molecule has 1 heterocycles. The summed E-state index contributed by atoms with van der Waals surface area (Å²) < 4.78 is 5.06. The van der Waals surface area contributed by atoms with E-state index in [1.807, 2.05) is 30.3 Å². The van der Waals surface area contributed by atoms with Gasteiger partial charge in [-0.05, 0) is 30.5 Å². The van der Waals surface area contributed by atoms with Crippen molar-refractivity contribution in [3.05, 3.63) is 59.5 Å². The number of nitrogens with one attached hydrogen (secondary N) is 1. The van der Waals surface area contributed by atoms with E-state index in [2.05, 4.69) is 5.32 Å². The van der Waals surface area contributed by atoms with Crippen LogP contribution in [0.1, 0.15) is 34.7 Å². The second-order valence-corrected chi connectivity index (χ2v) is 4.69. The smallest absolute Gasteiger partial charge is 0.371 e. The summed E-state index contributed by atoms with van der Waals surface area (Å²) in [5, 5.41) is 11.4. The number of carbonyl (C=O) groups excluding carboxylic acids is 1. The molecule has 1 amide bonds. The van der Waals surface area contributed by atoms with Crippen molar-refractivity contribution >= 4 is 11.9 Å². The van der Waals surface area contributed by atoms with Gasteiger partial charge in [0, 0.05) is 6.42 Å². The molecular weight excluding hydrogens is 270 g/mol. The monoisotopic (exact) mass is 287 g/mol. The molecule has 0 saturated heterocycles. The lowest BCUT2D eigenvalue weighted by Gasteiger charge is -2.03. The molecule has 0 fully saturated rings. The zero-order chi connectivity index (χ0) is 15.1. The summed E-state index contributed by atoms with van der Waals surface area (Å²) in [5.41, 5.74) is 1.21. The van der Waals surface area contributed by atoms with Gasteiger partial charge in [0.2, 0.25) is 11.7 Å². The molecule has 0 atom stereocenters. The fraction of sp³-hybridized carbons (Fsp3) is 0.250. The van der Waals surface area contributed by atoms with Crippen molar-refractivity contribution in [3.63, 3.8) is 0 Å². The normalized spacial score (nSPS) is 10.3. The number of hydrogen-bond acceptors (Lipinski definition) is 3. The number of amides is 1. The third-order valence-electron chi connectivity index (χ3n) is 3.04. The Morgan fingerprint density at radius 2 is 1.86 bits per heavy atom. The van der Waals surface area contributed by atoms with Crippen LogP contribution in [0.25, 0.3) is 0 Å². The number of aryl methyl sites for hydroxylation is 1. The zero-order valence-corrected chi connectivity index (χ0v) is 11.5. The van der Waals surface area contributed by atoms with Gasteiger partial charge in [0.25, 0.3) is 0 Å². The van der Waals surface area contributed by atoms with Gasteiger partial charge in [0.1, 0.15) is 5.76 Å². The third-order valence-corrected chi connectivity index (χ3v) is 3.04. The Hall–Kier alpha value is -2.56. The highest BCUT2D eigenvalue weighted by atomic mass is 16.4. The summed E-state index contributed by atoms with van der Waals surface area (Å²) in [6.07, 6.45) is 2.06. The molecule has 1 aromatic heterocycles. The van der Waals surface area contributed by atoms with Gasteiger partial charge in [0.05, 0.1) is 6.54 Å². The molecule has 0 aliphatic carbocycles. The molecule has 0 bridgehead atoms. The Morgan fingerprint density at radius 1 is 1.10 bits per heavy atom. The van der Waals surface area contributed by atoms with Crippen molar-refractivity contribution < 1.29 is 19.1 Å². The molecule has 0 radical (unpaired) electrons. The van der Waals surface area contributed by atoms with Crippen LogP contribution >= 0.6 is 0 Å². The Kier molecular flexibility index (Phi) is 5.15. The highest BCUT2D eigenvalue weighted by Gasteiger charge is 2.09. The average molecular weight is 287 g/mol. The molecule has 0 aliphatic heterocycles. The summed E-state index contributed by atoms with van der Waals surface area (Å²) in [5.74, 6) is -0.873. The first-order chi connectivity index (χ1) is 10.1. The number of rotatable bonds is 7. The van der Waals surface area contributed by atoms with E-state index in [0.29, 0.717) is 12.2 Å². The van der Waals surface area contributed by atoms with Crippen molar-refractivity contribution in [3.8, 4) is 0 Å². The molecule has 1 aromatic carbocycles. The lowest BCUT2D eigenvalue weighted by Crippen LogP contribution is -2.22. The van der Waals surface area contributed by atoms with Gasteiger partial charge in [0.15, 0.2) is 0 Å². The van der Waals surface area contributed by atoms with E-state index < -0.39 is 5.97 Å². The average Bonchev–Trinajstić information content (AvgIpc) is 2.95. The molecule has 0 aliphatic rings. The molecule has 110 valence electrons. The van der Waals surface area contributed by atoms with Crippen molar-refractivity contribution in [2.75, 3.05) is 0 Å². The molecule has 5 nitrogen and oxygen atoms in total. The minimum absolute atomic E-state index is 0.0702. The van der Waals surface area contributed by atoms with Gasteiger partial charge >= 0.3 is 5.97 Å². The fourth-order valence-electron chi connectivity index (χ4n) is 1.96. The van der Waals surface area contributed by atoms with Gasteiger partial charge < -0.3 is 14.8 Å². The van der Waals surface area contributed by atoms with E-state index in [9.17, 15) is 9.59 Å². The Balaban J connectivity index is 1.68. The van der Waals surface area contributed by atoms with Crippen molar-refractivity contribution in [2.24, 2.45) is 0 Å². The van der Waals surface area contributed by atoms with E-state index in [0.717, 1.165) is 12.8 Å². The fourth-order valence-corrected chi connectivity index (χ4v) is 1.96. The van der Waals surface area contributed by atoms with Crippen molar-refractivity contribution in [2.45, 2.75) is 25.8 Å². The number of aromatic carboxylic acids is 1. The van der Waals surface area contributed by atoms with E-state index in [1.165, 1.54) is 11.6 Å². The summed E-state index contributed by atoms with van der Waals surface area (Å²) in [4.78, 5) is 22.3. The topological polar surface area (TPSA) is 79.5 Å². The van der Waals surface area contributed by atoms with Crippen LogP contribution in [0.2, 0.25) is 0 Å². The number of carboxylic acids is 1. The molecule has 2 rings (SSSR count). The maximum Gasteiger partial charge on any atom is 0.371 e. The molecule has 5 heteroatoms. The van der Waals surface area contributed by atoms with Crippen LogP contribution in [0, 0.1) is 0 Å². The van der Waals surface area contributed by atoms with Crippen LogP contribution in [0.15, 0.2) is 46.9 Å². The molecule has 0 saturated carbocycles. The number of carbonyl (C=O) groups is 2. The minimum atomic E-state index is -1.12. The number of carboxylic acid groups (broad SMARTS) is 1. The SMILES string of the molecule is O=C(CCCc1ccccc1)NCc1ccc(C(=O)O)o1. The lowest BCUT2D eigenvalue weighted by atomic mass is 10.1. The number of hydrogen-bond donors (Lipinski definition) is 2. The minimum Gasteiger partial charge on any atom is -0.475 e. The largest absolute Gasteiger partial charge is 0.475 e. The predicted octanol–water partition coefficient (Wildman–Crippen LogP) is 2.62. The van der Waals surface area contributed by atoms with Gasteiger partial charge in [-0.25, -0.2) is 4.79 Å². The molecule has 0 unspecified atom stereocenters. The predicted molar refractivity (Wildman–Crippen MR) is 76.9 cm³/mol. The highest BCUT2D eigenvalue weighted by molar-refractivity contribution is 5.84. The molecular formula is C16H17NO4. The molecule has 2 N–H and O–H groups in total. The quantitative estimate of drug-likeness (QED) is 0.820. The van der Waals surface area contributed by atoms with Gasteiger partial charge in [-0.1, -0.05) is 30.3 Å². The van der Waals surface area contributed by atoms with E-state index in [4.69, 9.17) is 9.52 Å². The summed E-state index contributed by atoms with van der Waals surface area (Å²) in [7, 11) is 0. The van der Waals surface area contributed by atoms with Gasteiger partial charge in [-0.15, -0.1) is 0 Å². The Labute approximate surface area is 122 Å². The van der Waals surface area contributed by atoms with Crippen LogP contribution < -0.4 is 5.32 Å². The number of benzene rings is 1. The second-order valence-electron chi connectivity index (χ2n) is 4.69. The molecule has 0 spiro atoms. The molecule has 21 heavy (non-hydrogen) atoms. The van der Waals surface area contributed by atoms with Crippen molar-refractivity contribution in [1.29, 1.82) is 0 Å². The van der Waals surface area contributed by atoms with Gasteiger partial charge in [-0.3, -0.25) is 4.79 Å². The van der Waals surface area contributed by atoms with Crippen molar-refractivity contribution in [1.82, 2.24) is 5.32 Å². The first-order valence-corrected chi connectivity index (χ1v) is 6.78. The Bertz CT molecular complexity index is 604. The van der Waals surface area contributed by atoms with E-state index >= 15 is 0 Å². The summed E-state index contributed by atoms with van der Waals surface area (Å²) in [6, 6.07) is 12.9.